The van der Waals surface area contributed by atoms with Crippen molar-refractivity contribution in [3.8, 4) is 5.75 Å². The third kappa shape index (κ3) is 8.38. The second-order valence-corrected chi connectivity index (χ2v) is 9.76. The summed E-state index contributed by atoms with van der Waals surface area (Å²) in [5, 5.41) is 5.98. The van der Waals surface area contributed by atoms with Crippen LogP contribution in [0.25, 0.3) is 0 Å². The van der Waals surface area contributed by atoms with Gasteiger partial charge in [-0.2, -0.15) is 0 Å². The van der Waals surface area contributed by atoms with Crippen molar-refractivity contribution in [2.45, 2.75) is 64.3 Å². The molecule has 2 N–H and O–H groups in total. The van der Waals surface area contributed by atoms with Crippen molar-refractivity contribution in [1.82, 2.24) is 10.6 Å². The average Bonchev–Trinajstić information content (AvgIpc) is 2.93. The van der Waals surface area contributed by atoms with E-state index in [4.69, 9.17) is 9.47 Å². The van der Waals surface area contributed by atoms with Crippen LogP contribution in [0.5, 0.6) is 5.75 Å². The standard InChI is InChI=1S/C31H36N2O4/c1-23-10-8-9-15-28(23)32-30(34)29(33-31(35)37-22-26-13-6-3-7-14-26)20-24-16-18-27(19-17-24)36-21-25-11-4-2-5-12-25/h2-7,11-14,16-19,23,28-29H,8-10,15,20-22H2,1H3,(H,32,34)(H,33,35)/t23-,28-,29-/m1/s1. The first-order valence-corrected chi connectivity index (χ1v) is 13.1. The molecule has 3 aromatic rings. The van der Waals surface area contributed by atoms with E-state index < -0.39 is 12.1 Å². The van der Waals surface area contributed by atoms with Crippen molar-refractivity contribution < 1.29 is 19.1 Å². The summed E-state index contributed by atoms with van der Waals surface area (Å²) in [6.45, 7) is 2.81. The van der Waals surface area contributed by atoms with Crippen LogP contribution in [0.15, 0.2) is 84.9 Å². The molecule has 2 amide bonds. The summed E-state index contributed by atoms with van der Waals surface area (Å²) < 4.78 is 11.3. The number of alkyl carbamates (subject to hydrolysis) is 1. The summed E-state index contributed by atoms with van der Waals surface area (Å²) in [7, 11) is 0. The van der Waals surface area contributed by atoms with Crippen LogP contribution in [0.3, 0.4) is 0 Å². The molecule has 37 heavy (non-hydrogen) atoms. The van der Waals surface area contributed by atoms with Gasteiger partial charge in [0.15, 0.2) is 0 Å². The van der Waals surface area contributed by atoms with Gasteiger partial charge in [0, 0.05) is 12.5 Å². The Labute approximate surface area is 219 Å². The van der Waals surface area contributed by atoms with Crippen LogP contribution < -0.4 is 15.4 Å². The van der Waals surface area contributed by atoms with E-state index in [1.807, 2.05) is 84.9 Å². The number of hydrogen-bond acceptors (Lipinski definition) is 4. The molecule has 194 valence electrons. The minimum absolute atomic E-state index is 0.125. The van der Waals surface area contributed by atoms with Crippen molar-refractivity contribution >= 4 is 12.0 Å². The van der Waals surface area contributed by atoms with Crippen LogP contribution in [0.4, 0.5) is 4.79 Å². The predicted octanol–water partition coefficient (Wildman–Crippen LogP) is 5.80. The highest BCUT2D eigenvalue weighted by Gasteiger charge is 2.28. The fraction of sp³-hybridized carbons (Fsp3) is 0.355. The SMILES string of the molecule is C[C@@H]1CCCC[C@H]1NC(=O)[C@@H](Cc1ccc(OCc2ccccc2)cc1)NC(=O)OCc1ccccc1. The molecule has 0 radical (unpaired) electrons. The lowest BCUT2D eigenvalue weighted by atomic mass is 9.85. The minimum atomic E-state index is -0.742. The predicted molar refractivity (Wildman–Crippen MR) is 144 cm³/mol. The van der Waals surface area contributed by atoms with Gasteiger partial charge in [0.1, 0.15) is 25.0 Å². The Kier molecular flexibility index (Phi) is 9.58. The number of carbonyl (C=O) groups excluding carboxylic acids is 2. The molecular weight excluding hydrogens is 464 g/mol. The number of amides is 2. The fourth-order valence-corrected chi connectivity index (χ4v) is 4.63. The Balaban J connectivity index is 1.37. The maximum Gasteiger partial charge on any atom is 0.408 e. The number of hydrogen-bond donors (Lipinski definition) is 2. The van der Waals surface area contributed by atoms with E-state index in [2.05, 4.69) is 17.6 Å². The first-order valence-electron chi connectivity index (χ1n) is 13.1. The Bertz CT molecular complexity index is 1120. The van der Waals surface area contributed by atoms with Crippen molar-refractivity contribution in [2.24, 2.45) is 5.92 Å². The smallest absolute Gasteiger partial charge is 0.408 e. The van der Waals surface area contributed by atoms with Crippen molar-refractivity contribution in [3.63, 3.8) is 0 Å². The van der Waals surface area contributed by atoms with Gasteiger partial charge in [0.05, 0.1) is 0 Å². The quantitative estimate of drug-likeness (QED) is 0.369. The monoisotopic (exact) mass is 500 g/mol. The lowest BCUT2D eigenvalue weighted by molar-refractivity contribution is -0.124. The molecule has 6 heteroatoms. The van der Waals surface area contributed by atoms with Gasteiger partial charge in [0.2, 0.25) is 5.91 Å². The van der Waals surface area contributed by atoms with Gasteiger partial charge in [-0.05, 0) is 47.6 Å². The molecule has 0 heterocycles. The molecule has 0 aliphatic heterocycles. The lowest BCUT2D eigenvalue weighted by Crippen LogP contribution is -2.52. The molecule has 1 saturated carbocycles. The first-order chi connectivity index (χ1) is 18.1. The summed E-state index contributed by atoms with van der Waals surface area (Å²) in [6, 6.07) is 26.5. The zero-order chi connectivity index (χ0) is 25.9. The summed E-state index contributed by atoms with van der Waals surface area (Å²) in [5.74, 6) is 0.990. The van der Waals surface area contributed by atoms with Gasteiger partial charge in [-0.25, -0.2) is 4.79 Å². The Morgan fingerprint density at radius 2 is 1.43 bits per heavy atom. The van der Waals surface area contributed by atoms with Gasteiger partial charge in [-0.15, -0.1) is 0 Å². The molecule has 0 unspecified atom stereocenters. The highest BCUT2D eigenvalue weighted by atomic mass is 16.5. The zero-order valence-electron chi connectivity index (χ0n) is 21.4. The van der Waals surface area contributed by atoms with E-state index in [0.717, 1.165) is 41.7 Å². The molecule has 0 saturated heterocycles. The number of carbonyl (C=O) groups is 2. The molecule has 1 aliphatic carbocycles. The van der Waals surface area contributed by atoms with Crippen molar-refractivity contribution in [1.29, 1.82) is 0 Å². The van der Waals surface area contributed by atoms with Gasteiger partial charge >= 0.3 is 6.09 Å². The zero-order valence-corrected chi connectivity index (χ0v) is 21.4. The molecule has 0 bridgehead atoms. The maximum absolute atomic E-state index is 13.3. The van der Waals surface area contributed by atoms with Gasteiger partial charge in [0.25, 0.3) is 0 Å². The Morgan fingerprint density at radius 1 is 0.811 bits per heavy atom. The van der Waals surface area contributed by atoms with E-state index in [1.165, 1.54) is 6.42 Å². The normalized spacial score (nSPS) is 17.9. The fourth-order valence-electron chi connectivity index (χ4n) is 4.63. The summed E-state index contributed by atoms with van der Waals surface area (Å²) in [5.41, 5.74) is 2.91. The lowest BCUT2D eigenvalue weighted by Gasteiger charge is -2.31. The molecule has 0 aromatic heterocycles. The number of rotatable bonds is 10. The number of ether oxygens (including phenoxy) is 2. The first kappa shape index (κ1) is 26.3. The van der Waals surface area contributed by atoms with E-state index in [1.54, 1.807) is 0 Å². The third-order valence-corrected chi connectivity index (χ3v) is 6.87. The van der Waals surface area contributed by atoms with Gasteiger partial charge in [-0.3, -0.25) is 4.79 Å². The van der Waals surface area contributed by atoms with Crippen LogP contribution in [0.2, 0.25) is 0 Å². The molecule has 1 fully saturated rings. The second kappa shape index (κ2) is 13.5. The van der Waals surface area contributed by atoms with Crippen LogP contribution in [0, 0.1) is 5.92 Å². The topological polar surface area (TPSA) is 76.7 Å². The van der Waals surface area contributed by atoms with E-state index in [0.29, 0.717) is 18.9 Å². The Morgan fingerprint density at radius 3 is 2.08 bits per heavy atom. The van der Waals surface area contributed by atoms with Crippen LogP contribution in [-0.4, -0.2) is 24.1 Å². The highest BCUT2D eigenvalue weighted by molar-refractivity contribution is 5.86. The molecular formula is C31H36N2O4. The summed E-state index contributed by atoms with van der Waals surface area (Å²) in [6.07, 6.45) is 4.12. The third-order valence-electron chi connectivity index (χ3n) is 6.87. The molecule has 3 aromatic carbocycles. The van der Waals surface area contributed by atoms with Crippen LogP contribution >= 0.6 is 0 Å². The van der Waals surface area contributed by atoms with Crippen molar-refractivity contribution in [3.05, 3.63) is 102 Å². The average molecular weight is 501 g/mol. The minimum Gasteiger partial charge on any atom is -0.489 e. The molecule has 1 aliphatic rings. The molecule has 0 spiro atoms. The van der Waals surface area contributed by atoms with E-state index >= 15 is 0 Å². The van der Waals surface area contributed by atoms with Crippen molar-refractivity contribution in [2.75, 3.05) is 0 Å². The summed E-state index contributed by atoms with van der Waals surface area (Å²) >= 11 is 0. The molecule has 4 rings (SSSR count). The van der Waals surface area contributed by atoms with Gasteiger partial charge in [-0.1, -0.05) is 92.6 Å². The number of benzene rings is 3. The molecule has 3 atom stereocenters. The highest BCUT2D eigenvalue weighted by Crippen LogP contribution is 2.24. The van der Waals surface area contributed by atoms with Gasteiger partial charge < -0.3 is 20.1 Å². The van der Waals surface area contributed by atoms with E-state index in [9.17, 15) is 9.59 Å². The van der Waals surface area contributed by atoms with Crippen LogP contribution in [-0.2, 0) is 29.2 Å². The second-order valence-electron chi connectivity index (χ2n) is 9.76. The Hall–Kier alpha value is -3.80. The number of nitrogens with one attached hydrogen (secondary N) is 2. The maximum atomic E-state index is 13.3. The van der Waals surface area contributed by atoms with Crippen LogP contribution in [0.1, 0.15) is 49.3 Å². The molecule has 6 nitrogen and oxygen atoms in total. The van der Waals surface area contributed by atoms with E-state index in [-0.39, 0.29) is 18.6 Å². The summed E-state index contributed by atoms with van der Waals surface area (Å²) in [4.78, 5) is 25.9. The largest absolute Gasteiger partial charge is 0.489 e.